The number of rotatable bonds is 3. The van der Waals surface area contributed by atoms with Crippen LogP contribution in [0.15, 0.2) is 18.2 Å². The first kappa shape index (κ1) is 12.7. The molecule has 0 atom stereocenters. The fourth-order valence-corrected chi connectivity index (χ4v) is 1.66. The molecule has 0 spiro atoms. The molecule has 0 aromatic carbocycles. The molecule has 7 heteroatoms. The second-order valence-electron chi connectivity index (χ2n) is 4.23. The van der Waals surface area contributed by atoms with Crippen LogP contribution >= 0.6 is 0 Å². The smallest absolute Gasteiger partial charge is 0.384 e. The van der Waals surface area contributed by atoms with E-state index in [-0.39, 0.29) is 17.6 Å². The maximum atomic E-state index is 12.4. The standard InChI is InChI=1S/C11H12F3N3O/c12-11(13,14)6-17(7-4-5-7)10(18)8-2-1-3-9(15)16-8/h1-3,7H,4-6H2,(H2,15,16). The number of nitrogens with zero attached hydrogens (tertiary/aromatic N) is 2. The zero-order valence-electron chi connectivity index (χ0n) is 9.44. The average molecular weight is 259 g/mol. The number of hydrogen-bond acceptors (Lipinski definition) is 3. The van der Waals surface area contributed by atoms with Crippen LogP contribution in [0.4, 0.5) is 19.0 Å². The zero-order valence-corrected chi connectivity index (χ0v) is 9.44. The third kappa shape index (κ3) is 3.12. The lowest BCUT2D eigenvalue weighted by Gasteiger charge is -2.23. The molecule has 0 aliphatic heterocycles. The first-order valence-corrected chi connectivity index (χ1v) is 5.47. The number of halogens is 3. The van der Waals surface area contributed by atoms with Crippen molar-refractivity contribution in [3.63, 3.8) is 0 Å². The first-order valence-electron chi connectivity index (χ1n) is 5.47. The second kappa shape index (κ2) is 4.47. The molecule has 98 valence electrons. The van der Waals surface area contributed by atoms with Crippen LogP contribution in [-0.2, 0) is 0 Å². The first-order chi connectivity index (χ1) is 8.37. The highest BCUT2D eigenvalue weighted by molar-refractivity contribution is 5.93. The van der Waals surface area contributed by atoms with Gasteiger partial charge in [-0.05, 0) is 25.0 Å². The van der Waals surface area contributed by atoms with Gasteiger partial charge in [-0.25, -0.2) is 4.98 Å². The van der Waals surface area contributed by atoms with Gasteiger partial charge in [0, 0.05) is 6.04 Å². The quantitative estimate of drug-likeness (QED) is 0.900. The van der Waals surface area contributed by atoms with E-state index in [9.17, 15) is 18.0 Å². The number of carbonyl (C=O) groups excluding carboxylic acids is 1. The van der Waals surface area contributed by atoms with Crippen LogP contribution in [0.3, 0.4) is 0 Å². The molecule has 1 aromatic heterocycles. The number of hydrogen-bond donors (Lipinski definition) is 1. The number of pyridine rings is 1. The van der Waals surface area contributed by atoms with Gasteiger partial charge in [-0.2, -0.15) is 13.2 Å². The lowest BCUT2D eigenvalue weighted by atomic mass is 10.3. The van der Waals surface area contributed by atoms with Crippen LogP contribution in [0.25, 0.3) is 0 Å². The van der Waals surface area contributed by atoms with Gasteiger partial charge in [0.1, 0.15) is 18.1 Å². The number of alkyl halides is 3. The lowest BCUT2D eigenvalue weighted by molar-refractivity contribution is -0.141. The van der Waals surface area contributed by atoms with E-state index in [0.29, 0.717) is 12.8 Å². The minimum atomic E-state index is -4.40. The van der Waals surface area contributed by atoms with Crippen molar-refractivity contribution in [3.8, 4) is 0 Å². The molecule has 0 unspecified atom stereocenters. The van der Waals surface area contributed by atoms with Crippen LogP contribution in [-0.4, -0.2) is 34.6 Å². The van der Waals surface area contributed by atoms with Gasteiger partial charge in [0.15, 0.2) is 0 Å². The molecule has 1 saturated carbocycles. The largest absolute Gasteiger partial charge is 0.406 e. The number of nitrogens with two attached hydrogens (primary N) is 1. The van der Waals surface area contributed by atoms with E-state index in [4.69, 9.17) is 5.73 Å². The molecule has 0 radical (unpaired) electrons. The summed E-state index contributed by atoms with van der Waals surface area (Å²) in [6.45, 7) is -1.24. The van der Waals surface area contributed by atoms with Crippen molar-refractivity contribution >= 4 is 11.7 Å². The summed E-state index contributed by atoms with van der Waals surface area (Å²) < 4.78 is 37.2. The number of aromatic nitrogens is 1. The van der Waals surface area contributed by atoms with Crippen molar-refractivity contribution in [1.82, 2.24) is 9.88 Å². The molecule has 1 aliphatic rings. The maximum Gasteiger partial charge on any atom is 0.406 e. The van der Waals surface area contributed by atoms with Crippen molar-refractivity contribution < 1.29 is 18.0 Å². The molecule has 1 aliphatic carbocycles. The van der Waals surface area contributed by atoms with E-state index in [1.807, 2.05) is 0 Å². The normalized spacial score (nSPS) is 15.5. The zero-order chi connectivity index (χ0) is 13.3. The third-order valence-electron chi connectivity index (χ3n) is 2.59. The Bertz CT molecular complexity index is 457. The van der Waals surface area contributed by atoms with E-state index >= 15 is 0 Å². The van der Waals surface area contributed by atoms with Gasteiger partial charge in [-0.1, -0.05) is 6.07 Å². The van der Waals surface area contributed by atoms with E-state index in [2.05, 4.69) is 4.98 Å². The summed E-state index contributed by atoms with van der Waals surface area (Å²) in [5, 5.41) is 0. The van der Waals surface area contributed by atoms with Crippen LogP contribution < -0.4 is 5.73 Å². The van der Waals surface area contributed by atoms with Crippen LogP contribution in [0.2, 0.25) is 0 Å². The average Bonchev–Trinajstić information content (AvgIpc) is 3.07. The molecular weight excluding hydrogens is 247 g/mol. The lowest BCUT2D eigenvalue weighted by Crippen LogP contribution is -2.40. The van der Waals surface area contributed by atoms with Crippen molar-refractivity contribution in [3.05, 3.63) is 23.9 Å². The Balaban J connectivity index is 2.18. The third-order valence-corrected chi connectivity index (χ3v) is 2.59. The molecule has 2 N–H and O–H groups in total. The van der Waals surface area contributed by atoms with E-state index in [1.54, 1.807) is 0 Å². The minimum absolute atomic E-state index is 0.0499. The van der Waals surface area contributed by atoms with E-state index in [1.165, 1.54) is 18.2 Å². The molecule has 0 bridgehead atoms. The van der Waals surface area contributed by atoms with Gasteiger partial charge < -0.3 is 10.6 Å². The Morgan fingerprint density at radius 2 is 2.11 bits per heavy atom. The van der Waals surface area contributed by atoms with Crippen molar-refractivity contribution in [2.24, 2.45) is 0 Å². The Morgan fingerprint density at radius 3 is 2.61 bits per heavy atom. The Labute approximate surface area is 102 Å². The van der Waals surface area contributed by atoms with Crippen LogP contribution in [0.5, 0.6) is 0 Å². The SMILES string of the molecule is Nc1cccc(C(=O)N(CC(F)(F)F)C2CC2)n1. The second-order valence-corrected chi connectivity index (χ2v) is 4.23. The molecular formula is C11H12F3N3O. The number of amides is 1. The molecule has 18 heavy (non-hydrogen) atoms. The molecule has 4 nitrogen and oxygen atoms in total. The number of anilines is 1. The fourth-order valence-electron chi connectivity index (χ4n) is 1.66. The predicted molar refractivity (Wildman–Crippen MR) is 58.8 cm³/mol. The van der Waals surface area contributed by atoms with E-state index in [0.717, 1.165) is 4.90 Å². The molecule has 1 amide bonds. The van der Waals surface area contributed by atoms with Gasteiger partial charge >= 0.3 is 6.18 Å². The van der Waals surface area contributed by atoms with E-state index < -0.39 is 18.6 Å². The minimum Gasteiger partial charge on any atom is -0.384 e. The summed E-state index contributed by atoms with van der Waals surface area (Å²) in [7, 11) is 0. The summed E-state index contributed by atoms with van der Waals surface area (Å²) in [5.41, 5.74) is 5.36. The molecule has 1 fully saturated rings. The fraction of sp³-hybridized carbons (Fsp3) is 0.455. The Morgan fingerprint density at radius 1 is 1.44 bits per heavy atom. The molecule has 1 aromatic rings. The molecule has 0 saturated heterocycles. The molecule has 2 rings (SSSR count). The number of carbonyl (C=O) groups is 1. The topological polar surface area (TPSA) is 59.2 Å². The van der Waals surface area contributed by atoms with Crippen LogP contribution in [0, 0.1) is 0 Å². The maximum absolute atomic E-state index is 12.4. The highest BCUT2D eigenvalue weighted by Crippen LogP contribution is 2.31. The van der Waals surface area contributed by atoms with Gasteiger partial charge in [0.25, 0.3) is 5.91 Å². The van der Waals surface area contributed by atoms with Crippen molar-refractivity contribution in [2.45, 2.75) is 25.1 Å². The summed E-state index contributed by atoms with van der Waals surface area (Å²) in [6, 6.07) is 4.00. The highest BCUT2D eigenvalue weighted by atomic mass is 19.4. The monoisotopic (exact) mass is 259 g/mol. The van der Waals surface area contributed by atoms with Gasteiger partial charge in [-0.15, -0.1) is 0 Å². The van der Waals surface area contributed by atoms with Gasteiger partial charge in [0.2, 0.25) is 0 Å². The number of nitrogen functional groups attached to an aromatic ring is 1. The van der Waals surface area contributed by atoms with Gasteiger partial charge in [-0.3, -0.25) is 4.79 Å². The summed E-state index contributed by atoms with van der Waals surface area (Å²) >= 11 is 0. The molecule has 1 heterocycles. The van der Waals surface area contributed by atoms with Gasteiger partial charge in [0.05, 0.1) is 0 Å². The predicted octanol–water partition coefficient (Wildman–Crippen LogP) is 1.83. The summed E-state index contributed by atoms with van der Waals surface area (Å²) in [6.07, 6.45) is -3.20. The van der Waals surface area contributed by atoms with Crippen molar-refractivity contribution in [2.75, 3.05) is 12.3 Å². The van der Waals surface area contributed by atoms with Crippen molar-refractivity contribution in [1.29, 1.82) is 0 Å². The summed E-state index contributed by atoms with van der Waals surface area (Å²) in [4.78, 5) is 16.5. The highest BCUT2D eigenvalue weighted by Gasteiger charge is 2.41. The van der Waals surface area contributed by atoms with Crippen LogP contribution in [0.1, 0.15) is 23.3 Å². The summed E-state index contributed by atoms with van der Waals surface area (Å²) in [5.74, 6) is -0.606. The Kier molecular flexibility index (Phi) is 3.14. The Hall–Kier alpha value is -1.79.